The third-order valence-corrected chi connectivity index (χ3v) is 5.23. The minimum absolute atomic E-state index is 0.273. The molecule has 3 aromatic heterocycles. The number of aromatic nitrogens is 4. The first kappa shape index (κ1) is 17.2. The van der Waals surface area contributed by atoms with Crippen molar-refractivity contribution in [3.8, 4) is 10.4 Å². The molecular formula is C19H17N5O2S. The van der Waals surface area contributed by atoms with Gasteiger partial charge in [-0.05, 0) is 18.6 Å². The van der Waals surface area contributed by atoms with Crippen molar-refractivity contribution in [3.63, 3.8) is 0 Å². The summed E-state index contributed by atoms with van der Waals surface area (Å²) in [5.41, 5.74) is 1.84. The Morgan fingerprint density at radius 1 is 1.30 bits per heavy atom. The zero-order valence-electron chi connectivity index (χ0n) is 14.5. The van der Waals surface area contributed by atoms with Crippen molar-refractivity contribution >= 4 is 33.3 Å². The van der Waals surface area contributed by atoms with E-state index in [4.69, 9.17) is 0 Å². The molecule has 3 heterocycles. The lowest BCUT2D eigenvalue weighted by atomic mass is 10.1. The zero-order valence-corrected chi connectivity index (χ0v) is 15.3. The van der Waals surface area contributed by atoms with E-state index in [1.54, 1.807) is 24.5 Å². The van der Waals surface area contributed by atoms with Crippen LogP contribution in [0, 0.1) is 6.92 Å². The van der Waals surface area contributed by atoms with E-state index in [9.17, 15) is 9.90 Å². The summed E-state index contributed by atoms with van der Waals surface area (Å²) in [6.07, 6.45) is 3.43. The van der Waals surface area contributed by atoms with Crippen LogP contribution in [0.15, 0.2) is 48.9 Å². The van der Waals surface area contributed by atoms with Crippen molar-refractivity contribution in [1.82, 2.24) is 19.9 Å². The number of anilines is 1. The van der Waals surface area contributed by atoms with E-state index in [0.29, 0.717) is 11.6 Å². The summed E-state index contributed by atoms with van der Waals surface area (Å²) in [4.78, 5) is 29.5. The maximum atomic E-state index is 11.7. The second-order valence-electron chi connectivity index (χ2n) is 6.13. The topological polar surface area (TPSA) is 104 Å². The molecule has 1 unspecified atom stereocenters. The second kappa shape index (κ2) is 7.16. The van der Waals surface area contributed by atoms with Crippen LogP contribution in [-0.2, 0) is 11.2 Å². The van der Waals surface area contributed by atoms with Gasteiger partial charge in [0, 0.05) is 23.2 Å². The van der Waals surface area contributed by atoms with Crippen LogP contribution < -0.4 is 5.32 Å². The van der Waals surface area contributed by atoms with Gasteiger partial charge in [0.25, 0.3) is 0 Å². The lowest BCUT2D eigenvalue weighted by molar-refractivity contribution is -0.137. The van der Waals surface area contributed by atoms with Crippen molar-refractivity contribution in [2.75, 3.05) is 5.32 Å². The maximum absolute atomic E-state index is 11.7. The molecule has 0 aliphatic carbocycles. The van der Waals surface area contributed by atoms with E-state index in [1.165, 1.54) is 6.33 Å². The Bertz CT molecular complexity index is 1080. The largest absolute Gasteiger partial charge is 0.480 e. The highest BCUT2D eigenvalue weighted by Crippen LogP contribution is 2.35. The van der Waals surface area contributed by atoms with E-state index in [-0.39, 0.29) is 6.42 Å². The van der Waals surface area contributed by atoms with Gasteiger partial charge in [0.15, 0.2) is 0 Å². The molecule has 0 bridgehead atoms. The maximum Gasteiger partial charge on any atom is 0.326 e. The van der Waals surface area contributed by atoms with Crippen LogP contribution >= 0.6 is 11.3 Å². The Hall–Kier alpha value is -3.26. The molecule has 0 amide bonds. The third kappa shape index (κ3) is 3.65. The smallest absolute Gasteiger partial charge is 0.326 e. The molecule has 0 spiro atoms. The summed E-state index contributed by atoms with van der Waals surface area (Å²) in [5.74, 6) is 0.174. The van der Waals surface area contributed by atoms with Gasteiger partial charge in [0.05, 0.1) is 11.7 Å². The standard InChI is InChI=1S/C19H17N5O2S/c1-11-22-17(24-15(19(25)26)7-13-9-20-10-21-13)14-8-16(27-18(14)23-11)12-5-3-2-4-6-12/h2-6,8-10,15H,7H2,1H3,(H,20,21)(H,25,26)(H,22,23,24). The van der Waals surface area contributed by atoms with E-state index in [0.717, 1.165) is 26.4 Å². The molecule has 3 N–H and O–H groups in total. The predicted octanol–water partition coefficient (Wildman–Crippen LogP) is 3.50. The highest BCUT2D eigenvalue weighted by Gasteiger charge is 2.21. The van der Waals surface area contributed by atoms with Gasteiger partial charge in [-0.15, -0.1) is 11.3 Å². The number of aromatic amines is 1. The monoisotopic (exact) mass is 379 g/mol. The van der Waals surface area contributed by atoms with Crippen LogP contribution in [0.1, 0.15) is 11.5 Å². The number of imidazole rings is 1. The summed E-state index contributed by atoms with van der Waals surface area (Å²) >= 11 is 1.56. The Morgan fingerprint density at radius 3 is 2.81 bits per heavy atom. The van der Waals surface area contributed by atoms with Crippen LogP contribution in [0.25, 0.3) is 20.7 Å². The van der Waals surface area contributed by atoms with Gasteiger partial charge in [0.2, 0.25) is 0 Å². The number of aliphatic carboxylic acids is 1. The lowest BCUT2D eigenvalue weighted by Gasteiger charge is -2.15. The number of benzene rings is 1. The quantitative estimate of drug-likeness (QED) is 0.474. The van der Waals surface area contributed by atoms with Crippen LogP contribution in [-0.4, -0.2) is 37.1 Å². The number of fused-ring (bicyclic) bond motifs is 1. The summed E-state index contributed by atoms with van der Waals surface area (Å²) in [5, 5.41) is 13.5. The van der Waals surface area contributed by atoms with E-state index >= 15 is 0 Å². The normalized spacial score (nSPS) is 12.2. The average Bonchev–Trinajstić information content (AvgIpc) is 3.31. The Balaban J connectivity index is 1.71. The molecule has 0 aliphatic heterocycles. The third-order valence-electron chi connectivity index (χ3n) is 4.15. The van der Waals surface area contributed by atoms with Gasteiger partial charge in [-0.2, -0.15) is 0 Å². The molecule has 4 rings (SSSR count). The predicted molar refractivity (Wildman–Crippen MR) is 105 cm³/mol. The van der Waals surface area contributed by atoms with Crippen LogP contribution in [0.4, 0.5) is 5.82 Å². The molecule has 27 heavy (non-hydrogen) atoms. The number of rotatable bonds is 6. The van der Waals surface area contributed by atoms with Crippen LogP contribution in [0.3, 0.4) is 0 Å². The van der Waals surface area contributed by atoms with Gasteiger partial charge in [-0.25, -0.2) is 19.7 Å². The van der Waals surface area contributed by atoms with Crippen molar-refractivity contribution < 1.29 is 9.90 Å². The van der Waals surface area contributed by atoms with Gasteiger partial charge < -0.3 is 15.4 Å². The van der Waals surface area contributed by atoms with Gasteiger partial charge >= 0.3 is 5.97 Å². The number of carboxylic acids is 1. The Morgan fingerprint density at radius 2 is 2.11 bits per heavy atom. The molecule has 0 radical (unpaired) electrons. The molecule has 0 saturated heterocycles. The van der Waals surface area contributed by atoms with Crippen molar-refractivity contribution in [2.24, 2.45) is 0 Å². The van der Waals surface area contributed by atoms with Gasteiger partial charge in [0.1, 0.15) is 22.5 Å². The zero-order chi connectivity index (χ0) is 18.8. The SMILES string of the molecule is Cc1nc(NC(Cc2cnc[nH]2)C(=O)O)c2cc(-c3ccccc3)sc2n1. The number of aryl methyl sites for hydroxylation is 1. The molecule has 8 heteroatoms. The first-order valence-corrected chi connectivity index (χ1v) is 9.22. The van der Waals surface area contributed by atoms with Crippen LogP contribution in [0.5, 0.6) is 0 Å². The first-order chi connectivity index (χ1) is 13.1. The molecule has 0 saturated carbocycles. The molecule has 0 aliphatic rings. The highest BCUT2D eigenvalue weighted by molar-refractivity contribution is 7.21. The first-order valence-electron chi connectivity index (χ1n) is 8.40. The lowest BCUT2D eigenvalue weighted by Crippen LogP contribution is -2.32. The fourth-order valence-electron chi connectivity index (χ4n) is 2.86. The number of hydrogen-bond donors (Lipinski definition) is 3. The van der Waals surface area contributed by atoms with E-state index in [2.05, 4.69) is 25.3 Å². The Labute approximate surface area is 159 Å². The summed E-state index contributed by atoms with van der Waals surface area (Å²) in [6.45, 7) is 1.80. The molecule has 4 aromatic rings. The molecule has 7 nitrogen and oxygen atoms in total. The molecule has 1 atom stereocenters. The van der Waals surface area contributed by atoms with Gasteiger partial charge in [-0.1, -0.05) is 30.3 Å². The number of nitrogens with zero attached hydrogens (tertiary/aromatic N) is 3. The van der Waals surface area contributed by atoms with E-state index in [1.807, 2.05) is 36.4 Å². The highest BCUT2D eigenvalue weighted by atomic mass is 32.1. The van der Waals surface area contributed by atoms with Crippen molar-refractivity contribution in [2.45, 2.75) is 19.4 Å². The fraction of sp³-hybridized carbons (Fsp3) is 0.158. The second-order valence-corrected chi connectivity index (χ2v) is 7.16. The number of carboxylic acid groups (broad SMARTS) is 1. The number of hydrogen-bond acceptors (Lipinski definition) is 6. The number of H-pyrrole nitrogens is 1. The summed E-state index contributed by atoms with van der Waals surface area (Å²) in [6, 6.07) is 11.2. The molecule has 1 aromatic carbocycles. The average molecular weight is 379 g/mol. The number of carbonyl (C=O) groups is 1. The number of thiophene rings is 1. The number of nitrogens with one attached hydrogen (secondary N) is 2. The minimum atomic E-state index is -0.951. The molecule has 136 valence electrons. The fourth-order valence-corrected chi connectivity index (χ4v) is 3.95. The van der Waals surface area contributed by atoms with E-state index < -0.39 is 12.0 Å². The van der Waals surface area contributed by atoms with Crippen molar-refractivity contribution in [1.29, 1.82) is 0 Å². The van der Waals surface area contributed by atoms with Gasteiger partial charge in [-0.3, -0.25) is 0 Å². The Kier molecular flexibility index (Phi) is 4.55. The minimum Gasteiger partial charge on any atom is -0.480 e. The molecule has 0 fully saturated rings. The van der Waals surface area contributed by atoms with Crippen LogP contribution in [0.2, 0.25) is 0 Å². The van der Waals surface area contributed by atoms with Crippen molar-refractivity contribution in [3.05, 3.63) is 60.4 Å². The molecular weight excluding hydrogens is 362 g/mol. The summed E-state index contributed by atoms with van der Waals surface area (Å²) in [7, 11) is 0. The summed E-state index contributed by atoms with van der Waals surface area (Å²) < 4.78 is 0.